The summed E-state index contributed by atoms with van der Waals surface area (Å²) in [5.74, 6) is -0.634. The van der Waals surface area contributed by atoms with Gasteiger partial charge >= 0.3 is 5.97 Å². The summed E-state index contributed by atoms with van der Waals surface area (Å²) in [5.41, 5.74) is 0.563. The summed E-state index contributed by atoms with van der Waals surface area (Å²) in [7, 11) is 0. The van der Waals surface area contributed by atoms with Crippen molar-refractivity contribution in [1.29, 1.82) is 0 Å². The molecule has 2 bridgehead atoms. The molecule has 0 aliphatic carbocycles. The summed E-state index contributed by atoms with van der Waals surface area (Å²) in [6.45, 7) is 4.92. The Bertz CT molecular complexity index is 824. The molecule has 5 heterocycles. The lowest BCUT2D eigenvalue weighted by Gasteiger charge is -2.44. The quantitative estimate of drug-likeness (QED) is 0.890. The number of pyridine rings is 1. The predicted molar refractivity (Wildman–Crippen MR) is 91.7 cm³/mol. The number of hydrogen-bond acceptors (Lipinski definition) is 5. The van der Waals surface area contributed by atoms with Crippen LogP contribution in [0.3, 0.4) is 0 Å². The van der Waals surface area contributed by atoms with E-state index in [1.165, 1.54) is 11.3 Å². The number of nitrogens with zero attached hydrogens (tertiary/aromatic N) is 2. The van der Waals surface area contributed by atoms with E-state index in [1.807, 2.05) is 0 Å². The first-order chi connectivity index (χ1) is 11.5. The molecule has 1 atom stereocenters. The van der Waals surface area contributed by atoms with Crippen LogP contribution >= 0.6 is 11.3 Å². The molecule has 0 spiro atoms. The minimum Gasteiger partial charge on any atom is -0.478 e. The lowest BCUT2D eigenvalue weighted by Crippen LogP contribution is -2.57. The van der Waals surface area contributed by atoms with Crippen molar-refractivity contribution >= 4 is 33.3 Å². The number of fused-ring (bicyclic) bond motifs is 4. The van der Waals surface area contributed by atoms with Crippen molar-refractivity contribution in [1.82, 2.24) is 15.2 Å². The number of carboxylic acid groups (broad SMARTS) is 1. The van der Waals surface area contributed by atoms with Gasteiger partial charge in [-0.15, -0.1) is 11.3 Å². The van der Waals surface area contributed by atoms with Gasteiger partial charge in [0.1, 0.15) is 5.69 Å². The van der Waals surface area contributed by atoms with E-state index in [2.05, 4.69) is 15.2 Å². The van der Waals surface area contributed by atoms with Crippen molar-refractivity contribution in [3.05, 3.63) is 28.4 Å². The Labute approximate surface area is 143 Å². The second-order valence-electron chi connectivity index (χ2n) is 6.62. The number of carboxylic acids is 1. The van der Waals surface area contributed by atoms with Crippen molar-refractivity contribution in [2.45, 2.75) is 25.8 Å². The highest BCUT2D eigenvalue weighted by atomic mass is 32.1. The van der Waals surface area contributed by atoms with Gasteiger partial charge in [0.05, 0.1) is 10.3 Å². The highest BCUT2D eigenvalue weighted by Gasteiger charge is 2.35. The molecule has 5 rings (SSSR count). The lowest BCUT2D eigenvalue weighted by molar-refractivity contribution is 0.0617. The Hall–Kier alpha value is -1.99. The molecule has 7 heteroatoms. The monoisotopic (exact) mass is 345 g/mol. The lowest BCUT2D eigenvalue weighted by atomic mass is 9.84. The van der Waals surface area contributed by atoms with E-state index in [0.717, 1.165) is 42.1 Å². The van der Waals surface area contributed by atoms with Crippen LogP contribution in [0.1, 0.15) is 38.6 Å². The Kier molecular flexibility index (Phi) is 3.77. The molecule has 24 heavy (non-hydrogen) atoms. The van der Waals surface area contributed by atoms with E-state index in [9.17, 15) is 14.7 Å². The number of aromatic carboxylic acids is 1. The van der Waals surface area contributed by atoms with Gasteiger partial charge in [-0.3, -0.25) is 4.79 Å². The topological polar surface area (TPSA) is 82.5 Å². The van der Waals surface area contributed by atoms with Crippen LogP contribution in [0.15, 0.2) is 12.3 Å². The van der Waals surface area contributed by atoms with Gasteiger partial charge in [0.2, 0.25) is 0 Å². The molecule has 3 saturated heterocycles. The molecule has 3 aliphatic heterocycles. The van der Waals surface area contributed by atoms with Gasteiger partial charge in [0.15, 0.2) is 0 Å². The molecule has 126 valence electrons. The minimum atomic E-state index is -0.964. The third-order valence-electron chi connectivity index (χ3n) is 5.17. The second-order valence-corrected chi connectivity index (χ2v) is 7.88. The fourth-order valence-electron chi connectivity index (χ4n) is 3.89. The molecule has 0 unspecified atom stereocenters. The normalized spacial score (nSPS) is 25.8. The van der Waals surface area contributed by atoms with Crippen molar-refractivity contribution < 1.29 is 14.7 Å². The van der Waals surface area contributed by atoms with Crippen LogP contribution in [0.2, 0.25) is 0 Å². The van der Waals surface area contributed by atoms with E-state index in [0.29, 0.717) is 17.0 Å². The number of thiophene rings is 1. The number of rotatable bonds is 3. The maximum atomic E-state index is 12.6. The standard InChI is InChI=1S/C17H19N3O3S/c1-9-15(17(22)23)11-6-12(18-7-14(11)24-9)16(21)19-13-8-20-4-2-10(13)3-5-20/h6-7,10,13H,2-5,8H2,1H3,(H,19,21)(H,22,23)/t13-/m0/s1. The maximum absolute atomic E-state index is 12.6. The zero-order valence-electron chi connectivity index (χ0n) is 13.4. The molecule has 2 aromatic rings. The fourth-order valence-corrected chi connectivity index (χ4v) is 4.89. The van der Waals surface area contributed by atoms with Crippen LogP contribution in [-0.4, -0.2) is 52.5 Å². The van der Waals surface area contributed by atoms with Gasteiger partial charge in [-0.25, -0.2) is 9.78 Å². The summed E-state index contributed by atoms with van der Waals surface area (Å²) in [5, 5.41) is 13.1. The largest absolute Gasteiger partial charge is 0.478 e. The fraction of sp³-hybridized carbons (Fsp3) is 0.471. The number of hydrogen-bond donors (Lipinski definition) is 2. The van der Waals surface area contributed by atoms with E-state index in [4.69, 9.17) is 0 Å². The molecule has 2 aromatic heterocycles. The van der Waals surface area contributed by atoms with Gasteiger partial charge in [0, 0.05) is 29.0 Å². The highest BCUT2D eigenvalue weighted by molar-refractivity contribution is 7.19. The van der Waals surface area contributed by atoms with Crippen LogP contribution in [0.25, 0.3) is 10.1 Å². The zero-order valence-corrected chi connectivity index (χ0v) is 14.2. The first kappa shape index (κ1) is 15.5. The average Bonchev–Trinajstić information content (AvgIpc) is 2.90. The Morgan fingerprint density at radius 1 is 1.38 bits per heavy atom. The Morgan fingerprint density at radius 2 is 2.12 bits per heavy atom. The van der Waals surface area contributed by atoms with Gasteiger partial charge in [-0.1, -0.05) is 0 Å². The van der Waals surface area contributed by atoms with E-state index < -0.39 is 5.97 Å². The minimum absolute atomic E-state index is 0.167. The second kappa shape index (κ2) is 5.82. The van der Waals surface area contributed by atoms with Crippen LogP contribution in [0.5, 0.6) is 0 Å². The number of aromatic nitrogens is 1. The third-order valence-corrected chi connectivity index (χ3v) is 6.23. The number of carbonyl (C=O) groups is 2. The molecular formula is C17H19N3O3S. The molecule has 6 nitrogen and oxygen atoms in total. The number of carbonyl (C=O) groups excluding carboxylic acids is 1. The summed E-state index contributed by atoms with van der Waals surface area (Å²) in [4.78, 5) is 31.4. The van der Waals surface area contributed by atoms with Crippen LogP contribution in [0, 0.1) is 12.8 Å². The average molecular weight is 345 g/mol. The molecule has 0 aromatic carbocycles. The van der Waals surface area contributed by atoms with Crippen LogP contribution < -0.4 is 5.32 Å². The zero-order chi connectivity index (χ0) is 16.8. The summed E-state index contributed by atoms with van der Waals surface area (Å²) in [6.07, 6.45) is 3.86. The molecule has 0 saturated carbocycles. The number of nitrogens with one attached hydrogen (secondary N) is 1. The molecule has 0 radical (unpaired) electrons. The SMILES string of the molecule is Cc1sc2cnc(C(=O)N[C@H]3CN4CCC3CC4)cc2c1C(=O)O. The van der Waals surface area contributed by atoms with E-state index >= 15 is 0 Å². The molecule has 3 aliphatic rings. The molecule has 2 N–H and O–H groups in total. The molecule has 1 amide bonds. The van der Waals surface area contributed by atoms with E-state index in [1.54, 1.807) is 19.2 Å². The number of aryl methyl sites for hydroxylation is 1. The van der Waals surface area contributed by atoms with Crippen LogP contribution in [0.4, 0.5) is 0 Å². The first-order valence-electron chi connectivity index (χ1n) is 8.18. The summed E-state index contributed by atoms with van der Waals surface area (Å²) in [6, 6.07) is 1.78. The smallest absolute Gasteiger partial charge is 0.337 e. The molecular weight excluding hydrogens is 326 g/mol. The van der Waals surface area contributed by atoms with Crippen molar-refractivity contribution in [2.24, 2.45) is 5.92 Å². The number of piperidine rings is 3. The van der Waals surface area contributed by atoms with Gasteiger partial charge in [-0.2, -0.15) is 0 Å². The van der Waals surface area contributed by atoms with Gasteiger partial charge < -0.3 is 15.3 Å². The maximum Gasteiger partial charge on any atom is 0.337 e. The van der Waals surface area contributed by atoms with E-state index in [-0.39, 0.29) is 17.5 Å². The van der Waals surface area contributed by atoms with Crippen molar-refractivity contribution in [3.8, 4) is 0 Å². The Balaban J connectivity index is 1.60. The van der Waals surface area contributed by atoms with Crippen LogP contribution in [-0.2, 0) is 0 Å². The predicted octanol–water partition coefficient (Wildman–Crippen LogP) is 2.13. The van der Waals surface area contributed by atoms with Gasteiger partial charge in [-0.05, 0) is 44.8 Å². The van der Waals surface area contributed by atoms with Gasteiger partial charge in [0.25, 0.3) is 5.91 Å². The van der Waals surface area contributed by atoms with Crippen molar-refractivity contribution in [3.63, 3.8) is 0 Å². The summed E-state index contributed by atoms with van der Waals surface area (Å²) >= 11 is 1.39. The van der Waals surface area contributed by atoms with Crippen molar-refractivity contribution in [2.75, 3.05) is 19.6 Å². The highest BCUT2D eigenvalue weighted by Crippen LogP contribution is 2.31. The number of amides is 1. The molecule has 3 fully saturated rings. The first-order valence-corrected chi connectivity index (χ1v) is 9.00. The Morgan fingerprint density at radius 3 is 2.75 bits per heavy atom. The summed E-state index contributed by atoms with van der Waals surface area (Å²) < 4.78 is 0.796. The third kappa shape index (κ3) is 2.57.